The van der Waals surface area contributed by atoms with Crippen molar-refractivity contribution in [1.29, 1.82) is 0 Å². The maximum atomic E-state index is 12.1. The third-order valence-electron chi connectivity index (χ3n) is 3.54. The molecular formula is C15H25N5O3. The summed E-state index contributed by atoms with van der Waals surface area (Å²) in [5.41, 5.74) is 5.87. The third-order valence-corrected chi connectivity index (χ3v) is 3.54. The molecule has 0 radical (unpaired) electrons. The van der Waals surface area contributed by atoms with Gasteiger partial charge in [0.05, 0.1) is 11.7 Å². The largest absolute Gasteiger partial charge is 0.444 e. The highest BCUT2D eigenvalue weighted by atomic mass is 16.6. The maximum absolute atomic E-state index is 12.1. The molecule has 0 bridgehead atoms. The van der Waals surface area contributed by atoms with Gasteiger partial charge in [-0.25, -0.2) is 14.8 Å². The van der Waals surface area contributed by atoms with Crippen molar-refractivity contribution >= 4 is 17.7 Å². The minimum atomic E-state index is -0.755. The number of hydrogen-bond donors (Lipinski definition) is 2. The van der Waals surface area contributed by atoms with E-state index in [9.17, 15) is 9.90 Å². The van der Waals surface area contributed by atoms with E-state index >= 15 is 0 Å². The van der Waals surface area contributed by atoms with Gasteiger partial charge in [0, 0.05) is 26.2 Å². The first-order valence-electron chi connectivity index (χ1n) is 7.70. The van der Waals surface area contributed by atoms with Crippen molar-refractivity contribution < 1.29 is 14.6 Å². The first kappa shape index (κ1) is 17.3. The zero-order chi connectivity index (χ0) is 17.2. The minimum absolute atomic E-state index is 0.277. The summed E-state index contributed by atoms with van der Waals surface area (Å²) in [5.74, 6) is 0.899. The van der Waals surface area contributed by atoms with Crippen molar-refractivity contribution in [1.82, 2.24) is 14.9 Å². The average Bonchev–Trinajstić information content (AvgIpc) is 2.45. The van der Waals surface area contributed by atoms with Crippen molar-refractivity contribution in [3.8, 4) is 0 Å². The molecule has 1 aromatic heterocycles. The minimum Gasteiger partial charge on any atom is -0.444 e. The van der Waals surface area contributed by atoms with Gasteiger partial charge in [-0.15, -0.1) is 0 Å². The molecule has 3 N–H and O–H groups in total. The van der Waals surface area contributed by atoms with Crippen LogP contribution in [0.4, 0.5) is 16.4 Å². The van der Waals surface area contributed by atoms with Gasteiger partial charge >= 0.3 is 6.09 Å². The number of piperazine rings is 1. The number of amides is 1. The Morgan fingerprint density at radius 3 is 2.43 bits per heavy atom. The molecule has 8 heteroatoms. The Bertz CT molecular complexity index is 563. The van der Waals surface area contributed by atoms with Crippen molar-refractivity contribution in [3.63, 3.8) is 0 Å². The van der Waals surface area contributed by atoms with Crippen LogP contribution in [-0.2, 0) is 4.74 Å². The molecule has 1 unspecified atom stereocenters. The highest BCUT2D eigenvalue weighted by Gasteiger charge is 2.28. The normalized spacial score (nSPS) is 17.1. The van der Waals surface area contributed by atoms with E-state index in [1.807, 2.05) is 25.7 Å². The molecule has 1 fully saturated rings. The van der Waals surface area contributed by atoms with Crippen LogP contribution in [0.15, 0.2) is 6.33 Å². The second-order valence-electron chi connectivity index (χ2n) is 6.63. The second kappa shape index (κ2) is 6.57. The predicted octanol–water partition coefficient (Wildman–Crippen LogP) is 1.17. The van der Waals surface area contributed by atoms with Gasteiger partial charge < -0.3 is 25.4 Å². The molecule has 2 heterocycles. The van der Waals surface area contributed by atoms with Crippen LogP contribution in [0, 0.1) is 0 Å². The topological polar surface area (TPSA) is 105 Å². The van der Waals surface area contributed by atoms with Gasteiger partial charge in [0.1, 0.15) is 23.6 Å². The van der Waals surface area contributed by atoms with Crippen LogP contribution in [0.1, 0.15) is 39.4 Å². The zero-order valence-electron chi connectivity index (χ0n) is 14.1. The van der Waals surface area contributed by atoms with Crippen LogP contribution in [0.3, 0.4) is 0 Å². The number of ether oxygens (including phenoxy) is 1. The summed E-state index contributed by atoms with van der Waals surface area (Å²) in [4.78, 5) is 24.0. The summed E-state index contributed by atoms with van der Waals surface area (Å²) in [6.45, 7) is 9.41. The van der Waals surface area contributed by atoms with Crippen LogP contribution in [0.5, 0.6) is 0 Å². The van der Waals surface area contributed by atoms with E-state index in [2.05, 4.69) is 9.97 Å². The molecule has 0 aliphatic carbocycles. The van der Waals surface area contributed by atoms with Gasteiger partial charge in [0.2, 0.25) is 0 Å². The fourth-order valence-corrected chi connectivity index (χ4v) is 2.48. The number of rotatable bonds is 2. The number of nitrogens with zero attached hydrogens (tertiary/aromatic N) is 4. The fourth-order valence-electron chi connectivity index (χ4n) is 2.48. The summed E-state index contributed by atoms with van der Waals surface area (Å²) in [6, 6.07) is 0. The monoisotopic (exact) mass is 323 g/mol. The molecule has 0 aromatic carbocycles. The molecule has 8 nitrogen and oxygen atoms in total. The number of anilines is 2. The van der Waals surface area contributed by atoms with Crippen LogP contribution in [0.25, 0.3) is 0 Å². The van der Waals surface area contributed by atoms with Crippen molar-refractivity contribution in [2.75, 3.05) is 36.8 Å². The number of aliphatic hydroxyl groups excluding tert-OH is 1. The van der Waals surface area contributed by atoms with Crippen molar-refractivity contribution in [2.45, 2.75) is 39.4 Å². The van der Waals surface area contributed by atoms with Gasteiger partial charge in [-0.3, -0.25) is 0 Å². The Hall–Kier alpha value is -2.09. The number of carbonyl (C=O) groups is 1. The summed E-state index contributed by atoms with van der Waals surface area (Å²) in [6.07, 6.45) is 0.321. The van der Waals surface area contributed by atoms with Gasteiger partial charge in [0.25, 0.3) is 0 Å². The molecule has 1 atom stereocenters. The van der Waals surface area contributed by atoms with E-state index in [1.54, 1.807) is 11.8 Å². The number of hydrogen-bond acceptors (Lipinski definition) is 7. The number of aromatic nitrogens is 2. The predicted molar refractivity (Wildman–Crippen MR) is 87.1 cm³/mol. The number of nitrogens with two attached hydrogens (primary N) is 1. The van der Waals surface area contributed by atoms with Gasteiger partial charge in [-0.1, -0.05) is 0 Å². The molecule has 1 amide bonds. The molecule has 2 rings (SSSR count). The first-order valence-corrected chi connectivity index (χ1v) is 7.70. The molecule has 1 aliphatic rings. The number of aliphatic hydroxyl groups is 1. The highest BCUT2D eigenvalue weighted by molar-refractivity contribution is 5.69. The Kier molecular flexibility index (Phi) is 4.93. The van der Waals surface area contributed by atoms with E-state index < -0.39 is 11.7 Å². The Labute approximate surface area is 136 Å². The summed E-state index contributed by atoms with van der Waals surface area (Å²) in [7, 11) is 0. The number of nitrogen functional groups attached to an aromatic ring is 1. The van der Waals surface area contributed by atoms with Gasteiger partial charge in [-0.05, 0) is 27.7 Å². The quantitative estimate of drug-likeness (QED) is 0.841. The van der Waals surface area contributed by atoms with Gasteiger partial charge in [-0.2, -0.15) is 0 Å². The van der Waals surface area contributed by atoms with Gasteiger partial charge in [0.15, 0.2) is 0 Å². The van der Waals surface area contributed by atoms with E-state index in [0.717, 1.165) is 0 Å². The lowest BCUT2D eigenvalue weighted by molar-refractivity contribution is 0.0240. The molecule has 0 spiro atoms. The lowest BCUT2D eigenvalue weighted by Crippen LogP contribution is -2.50. The van der Waals surface area contributed by atoms with Crippen LogP contribution in [-0.4, -0.2) is 57.8 Å². The highest BCUT2D eigenvalue weighted by Crippen LogP contribution is 2.28. The summed E-state index contributed by atoms with van der Waals surface area (Å²) >= 11 is 0. The van der Waals surface area contributed by atoms with E-state index in [0.29, 0.717) is 37.6 Å². The summed E-state index contributed by atoms with van der Waals surface area (Å²) < 4.78 is 5.38. The van der Waals surface area contributed by atoms with Crippen LogP contribution < -0.4 is 10.6 Å². The summed E-state index contributed by atoms with van der Waals surface area (Å²) in [5, 5.41) is 9.91. The molecule has 1 saturated heterocycles. The lowest BCUT2D eigenvalue weighted by atomic mass is 10.1. The Morgan fingerprint density at radius 2 is 1.91 bits per heavy atom. The molecule has 0 saturated carbocycles. The van der Waals surface area contributed by atoms with Crippen LogP contribution in [0.2, 0.25) is 0 Å². The van der Waals surface area contributed by atoms with Crippen molar-refractivity contribution in [3.05, 3.63) is 11.9 Å². The SMILES string of the molecule is CC(O)c1c(N)ncnc1N1CCN(C(=O)OC(C)(C)C)CC1. The number of carbonyl (C=O) groups excluding carboxylic acids is 1. The third kappa shape index (κ3) is 4.22. The molecular weight excluding hydrogens is 298 g/mol. The maximum Gasteiger partial charge on any atom is 0.410 e. The van der Waals surface area contributed by atoms with Crippen molar-refractivity contribution in [2.24, 2.45) is 0 Å². The van der Waals surface area contributed by atoms with E-state index in [1.165, 1.54) is 6.33 Å². The fraction of sp³-hybridized carbons (Fsp3) is 0.667. The Morgan fingerprint density at radius 1 is 1.30 bits per heavy atom. The van der Waals surface area contributed by atoms with E-state index in [4.69, 9.17) is 10.5 Å². The Balaban J connectivity index is 2.06. The zero-order valence-corrected chi connectivity index (χ0v) is 14.1. The lowest BCUT2D eigenvalue weighted by Gasteiger charge is -2.37. The first-order chi connectivity index (χ1) is 10.7. The molecule has 1 aromatic rings. The van der Waals surface area contributed by atoms with Crippen LogP contribution >= 0.6 is 0 Å². The molecule has 1 aliphatic heterocycles. The van der Waals surface area contributed by atoms with E-state index in [-0.39, 0.29) is 11.9 Å². The molecule has 128 valence electrons. The smallest absolute Gasteiger partial charge is 0.410 e. The second-order valence-corrected chi connectivity index (χ2v) is 6.63. The molecule has 23 heavy (non-hydrogen) atoms. The standard InChI is InChI=1S/C15H25N5O3/c1-10(21)11-12(16)17-9-18-13(11)19-5-7-20(8-6-19)14(22)23-15(2,3)4/h9-10,21H,5-8H2,1-4H3,(H2,16,17,18). The average molecular weight is 323 g/mol.